The van der Waals surface area contributed by atoms with Crippen molar-refractivity contribution in [3.63, 3.8) is 0 Å². The number of ether oxygens (including phenoxy) is 1. The van der Waals surface area contributed by atoms with E-state index in [0.29, 0.717) is 5.92 Å². The van der Waals surface area contributed by atoms with Gasteiger partial charge in [0.2, 0.25) is 0 Å². The molecule has 1 fully saturated rings. The zero-order chi connectivity index (χ0) is 17.2. The van der Waals surface area contributed by atoms with Gasteiger partial charge in [-0.05, 0) is 84.4 Å². The van der Waals surface area contributed by atoms with E-state index in [1.165, 1.54) is 5.56 Å². The maximum atomic E-state index is 12.4. The van der Waals surface area contributed by atoms with Crippen LogP contribution in [0, 0.1) is 19.8 Å². The minimum absolute atomic E-state index is 0.184. The molecule has 128 valence electrons. The second-order valence-corrected chi connectivity index (χ2v) is 7.78. The van der Waals surface area contributed by atoms with E-state index in [-0.39, 0.29) is 12.1 Å². The highest BCUT2D eigenvalue weighted by Gasteiger charge is 2.33. The second kappa shape index (κ2) is 6.90. The van der Waals surface area contributed by atoms with E-state index in [2.05, 4.69) is 24.0 Å². The number of aromatic nitrogens is 1. The fourth-order valence-electron chi connectivity index (χ4n) is 3.42. The summed E-state index contributed by atoms with van der Waals surface area (Å²) in [4.78, 5) is 18.8. The molecule has 0 aromatic carbocycles. The Kier molecular flexibility index (Phi) is 5.33. The average molecular weight is 318 g/mol. The molecule has 1 unspecified atom stereocenters. The maximum Gasteiger partial charge on any atom is 0.410 e. The molecule has 23 heavy (non-hydrogen) atoms. The second-order valence-electron chi connectivity index (χ2n) is 7.78. The summed E-state index contributed by atoms with van der Waals surface area (Å²) in [7, 11) is 0. The van der Waals surface area contributed by atoms with Crippen molar-refractivity contribution in [3.05, 3.63) is 29.1 Å². The fraction of sp³-hybridized carbons (Fsp3) is 0.684. The molecule has 2 atom stereocenters. The van der Waals surface area contributed by atoms with E-state index in [4.69, 9.17) is 4.74 Å². The van der Waals surface area contributed by atoms with Crippen molar-refractivity contribution in [1.29, 1.82) is 0 Å². The van der Waals surface area contributed by atoms with Gasteiger partial charge >= 0.3 is 6.09 Å². The predicted molar refractivity (Wildman–Crippen MR) is 92.5 cm³/mol. The third kappa shape index (κ3) is 4.95. The number of piperidine rings is 1. The third-order valence-electron chi connectivity index (χ3n) is 4.41. The highest BCUT2D eigenvalue weighted by atomic mass is 16.6. The summed E-state index contributed by atoms with van der Waals surface area (Å²) in [5.41, 5.74) is 3.00. The van der Waals surface area contributed by atoms with Crippen LogP contribution in [0.4, 0.5) is 4.79 Å². The number of nitrogens with zero attached hydrogens (tertiary/aromatic N) is 2. The minimum atomic E-state index is -0.441. The van der Waals surface area contributed by atoms with Gasteiger partial charge in [-0.25, -0.2) is 4.79 Å². The minimum Gasteiger partial charge on any atom is -0.444 e. The quantitative estimate of drug-likeness (QED) is 0.817. The lowest BCUT2D eigenvalue weighted by atomic mass is 9.85. The molecule has 1 aromatic rings. The van der Waals surface area contributed by atoms with Crippen molar-refractivity contribution >= 4 is 6.09 Å². The molecule has 0 radical (unpaired) electrons. The van der Waals surface area contributed by atoms with Crippen LogP contribution in [0.25, 0.3) is 0 Å². The topological polar surface area (TPSA) is 42.4 Å². The molecular formula is C19H30N2O2. The Morgan fingerprint density at radius 3 is 2.48 bits per heavy atom. The van der Waals surface area contributed by atoms with Crippen LogP contribution in [0.15, 0.2) is 12.1 Å². The van der Waals surface area contributed by atoms with Gasteiger partial charge < -0.3 is 9.64 Å². The van der Waals surface area contributed by atoms with E-state index >= 15 is 0 Å². The lowest BCUT2D eigenvalue weighted by Gasteiger charge is -2.40. The van der Waals surface area contributed by atoms with Gasteiger partial charge in [0, 0.05) is 24.0 Å². The van der Waals surface area contributed by atoms with Gasteiger partial charge in [-0.15, -0.1) is 0 Å². The number of amides is 1. The molecular weight excluding hydrogens is 288 g/mol. The first-order valence-corrected chi connectivity index (χ1v) is 8.59. The zero-order valence-electron chi connectivity index (χ0n) is 15.3. The monoisotopic (exact) mass is 318 g/mol. The molecule has 1 saturated heterocycles. The summed E-state index contributed by atoms with van der Waals surface area (Å²) in [5, 5.41) is 0. The third-order valence-corrected chi connectivity index (χ3v) is 4.41. The highest BCUT2D eigenvalue weighted by Crippen LogP contribution is 2.28. The molecule has 0 bridgehead atoms. The predicted octanol–water partition coefficient (Wildman–Crippen LogP) is 4.28. The normalized spacial score (nSPS) is 22.1. The van der Waals surface area contributed by atoms with E-state index in [1.807, 2.05) is 39.5 Å². The van der Waals surface area contributed by atoms with Crippen LogP contribution < -0.4 is 0 Å². The SMILES string of the molecule is Cc1cc(C[C@@H]2CCCN(C(=O)OC(C)(C)C)C2C)cc(C)n1. The number of hydrogen-bond donors (Lipinski definition) is 0. The molecule has 1 aliphatic heterocycles. The van der Waals surface area contributed by atoms with E-state index in [9.17, 15) is 4.79 Å². The van der Waals surface area contributed by atoms with Gasteiger partial charge in [-0.1, -0.05) is 0 Å². The number of likely N-dealkylation sites (tertiary alicyclic amines) is 1. The summed E-state index contributed by atoms with van der Waals surface area (Å²) in [6, 6.07) is 4.52. The smallest absolute Gasteiger partial charge is 0.410 e. The maximum absolute atomic E-state index is 12.4. The van der Waals surface area contributed by atoms with Crippen LogP contribution >= 0.6 is 0 Å². The molecule has 1 amide bonds. The van der Waals surface area contributed by atoms with Gasteiger partial charge in [0.15, 0.2) is 0 Å². The largest absolute Gasteiger partial charge is 0.444 e. The van der Waals surface area contributed by atoms with Crippen molar-refractivity contribution in [2.24, 2.45) is 5.92 Å². The van der Waals surface area contributed by atoms with Crippen molar-refractivity contribution in [1.82, 2.24) is 9.88 Å². The van der Waals surface area contributed by atoms with Gasteiger partial charge in [0.25, 0.3) is 0 Å². The van der Waals surface area contributed by atoms with Gasteiger partial charge in [-0.3, -0.25) is 4.98 Å². The zero-order valence-corrected chi connectivity index (χ0v) is 15.3. The first kappa shape index (κ1) is 17.8. The van der Waals surface area contributed by atoms with Crippen molar-refractivity contribution in [2.45, 2.75) is 72.4 Å². The van der Waals surface area contributed by atoms with Gasteiger partial charge in [-0.2, -0.15) is 0 Å². The number of rotatable bonds is 2. The standard InChI is InChI=1S/C19H30N2O2/c1-13-10-16(11-14(2)20-13)12-17-8-7-9-21(15(17)3)18(22)23-19(4,5)6/h10-11,15,17H,7-9,12H2,1-6H3/t15?,17-/m0/s1. The van der Waals surface area contributed by atoms with E-state index < -0.39 is 5.60 Å². The number of carbonyl (C=O) groups excluding carboxylic acids is 1. The van der Waals surface area contributed by atoms with Crippen LogP contribution in [0.3, 0.4) is 0 Å². The number of carbonyl (C=O) groups is 1. The molecule has 1 aromatic heterocycles. The van der Waals surface area contributed by atoms with Crippen LogP contribution in [-0.2, 0) is 11.2 Å². The Morgan fingerprint density at radius 2 is 1.91 bits per heavy atom. The fourth-order valence-corrected chi connectivity index (χ4v) is 3.42. The lowest BCUT2D eigenvalue weighted by Crippen LogP contribution is -2.49. The first-order chi connectivity index (χ1) is 10.7. The van der Waals surface area contributed by atoms with Crippen LogP contribution in [0.1, 0.15) is 57.5 Å². The Hall–Kier alpha value is -1.58. The van der Waals surface area contributed by atoms with Crippen molar-refractivity contribution < 1.29 is 9.53 Å². The first-order valence-electron chi connectivity index (χ1n) is 8.59. The van der Waals surface area contributed by atoms with Crippen LogP contribution in [0.2, 0.25) is 0 Å². The number of aryl methyl sites for hydroxylation is 2. The summed E-state index contributed by atoms with van der Waals surface area (Å²) >= 11 is 0. The van der Waals surface area contributed by atoms with Gasteiger partial charge in [0.05, 0.1) is 0 Å². The van der Waals surface area contributed by atoms with E-state index in [1.54, 1.807) is 0 Å². The molecule has 0 saturated carbocycles. The lowest BCUT2D eigenvalue weighted by molar-refractivity contribution is 0.00308. The van der Waals surface area contributed by atoms with Crippen molar-refractivity contribution in [2.75, 3.05) is 6.54 Å². The molecule has 0 spiro atoms. The summed E-state index contributed by atoms with van der Waals surface area (Å²) in [6.45, 7) is 12.8. The molecule has 4 heteroatoms. The van der Waals surface area contributed by atoms with Crippen molar-refractivity contribution in [3.8, 4) is 0 Å². The Balaban J connectivity index is 2.07. The van der Waals surface area contributed by atoms with E-state index in [0.717, 1.165) is 37.2 Å². The Morgan fingerprint density at radius 1 is 1.30 bits per heavy atom. The number of hydrogen-bond acceptors (Lipinski definition) is 3. The summed E-state index contributed by atoms with van der Waals surface area (Å²) in [6.07, 6.45) is 3.00. The summed E-state index contributed by atoms with van der Waals surface area (Å²) in [5.74, 6) is 0.470. The average Bonchev–Trinajstić information content (AvgIpc) is 2.38. The molecule has 2 heterocycles. The van der Waals surface area contributed by atoms with Crippen LogP contribution in [-0.4, -0.2) is 34.2 Å². The van der Waals surface area contributed by atoms with Gasteiger partial charge in [0.1, 0.15) is 5.60 Å². The molecule has 0 N–H and O–H groups in total. The molecule has 2 rings (SSSR count). The number of pyridine rings is 1. The Bertz CT molecular complexity index is 543. The molecule has 1 aliphatic rings. The summed E-state index contributed by atoms with van der Waals surface area (Å²) < 4.78 is 5.56. The highest BCUT2D eigenvalue weighted by molar-refractivity contribution is 5.68. The molecule has 0 aliphatic carbocycles. The van der Waals surface area contributed by atoms with Crippen LogP contribution in [0.5, 0.6) is 0 Å². The Labute approximate surface area is 140 Å². The molecule has 4 nitrogen and oxygen atoms in total.